The van der Waals surface area contributed by atoms with Gasteiger partial charge < -0.3 is 25.0 Å². The van der Waals surface area contributed by atoms with Crippen molar-refractivity contribution in [3.05, 3.63) is 41.1 Å². The number of rotatable bonds is 7. The Morgan fingerprint density at radius 2 is 1.91 bits per heavy atom. The SMILES string of the molecule is CCOC(=O)C1=C(CN2CCCN(C(=O)NC(C)C)CC2)N(C)C(=O)N[C@H]1c1ccccc1OC. The first-order valence-electron chi connectivity index (χ1n) is 12.1. The van der Waals surface area contributed by atoms with E-state index >= 15 is 0 Å². The number of esters is 1. The van der Waals surface area contributed by atoms with Gasteiger partial charge in [0, 0.05) is 57.1 Å². The first-order chi connectivity index (χ1) is 16.8. The van der Waals surface area contributed by atoms with Crippen molar-refractivity contribution in [3.8, 4) is 5.75 Å². The third kappa shape index (κ3) is 6.25. The largest absolute Gasteiger partial charge is 0.496 e. The smallest absolute Gasteiger partial charge is 0.338 e. The summed E-state index contributed by atoms with van der Waals surface area (Å²) in [5, 5.41) is 5.88. The van der Waals surface area contributed by atoms with Crippen molar-refractivity contribution in [2.24, 2.45) is 0 Å². The number of nitrogens with one attached hydrogen (secondary N) is 2. The van der Waals surface area contributed by atoms with Crippen LogP contribution in [0.5, 0.6) is 5.75 Å². The van der Waals surface area contributed by atoms with E-state index in [2.05, 4.69) is 15.5 Å². The molecule has 3 rings (SSSR count). The van der Waals surface area contributed by atoms with Crippen LogP contribution in [0.25, 0.3) is 0 Å². The van der Waals surface area contributed by atoms with Crippen LogP contribution in [-0.4, -0.2) is 92.3 Å². The van der Waals surface area contributed by atoms with Crippen molar-refractivity contribution < 1.29 is 23.9 Å². The molecule has 0 aromatic heterocycles. The molecule has 0 radical (unpaired) electrons. The maximum absolute atomic E-state index is 13.2. The van der Waals surface area contributed by atoms with Gasteiger partial charge in [0.1, 0.15) is 5.75 Å². The first-order valence-corrected chi connectivity index (χ1v) is 12.1. The second-order valence-electron chi connectivity index (χ2n) is 8.99. The standard InChI is InChI=1S/C25H37N5O5/c1-6-35-23(31)21-19(16-29-12-9-13-30(15-14-29)25(33)26-17(2)3)28(4)24(32)27-22(21)18-10-7-8-11-20(18)34-5/h7-8,10-11,17,22H,6,9,12-16H2,1-5H3,(H,26,33)(H,27,32)/t22-/m0/s1. The normalized spacial score (nSPS) is 19.4. The molecule has 0 unspecified atom stereocenters. The Balaban J connectivity index is 1.93. The Morgan fingerprint density at radius 3 is 2.60 bits per heavy atom. The van der Waals surface area contributed by atoms with Crippen molar-refractivity contribution in [2.75, 3.05) is 53.5 Å². The summed E-state index contributed by atoms with van der Waals surface area (Å²) in [6, 6.07) is 6.31. The summed E-state index contributed by atoms with van der Waals surface area (Å²) >= 11 is 0. The van der Waals surface area contributed by atoms with E-state index in [4.69, 9.17) is 9.47 Å². The second-order valence-corrected chi connectivity index (χ2v) is 8.99. The molecular formula is C25H37N5O5. The highest BCUT2D eigenvalue weighted by Gasteiger charge is 2.38. The molecule has 1 fully saturated rings. The fraction of sp³-hybridized carbons (Fsp3) is 0.560. The highest BCUT2D eigenvalue weighted by Crippen LogP contribution is 2.35. The minimum Gasteiger partial charge on any atom is -0.496 e. The molecule has 2 aliphatic rings. The van der Waals surface area contributed by atoms with Crippen molar-refractivity contribution in [1.82, 2.24) is 25.3 Å². The van der Waals surface area contributed by atoms with Crippen LogP contribution >= 0.6 is 0 Å². The van der Waals surface area contributed by atoms with Gasteiger partial charge in [0.25, 0.3) is 0 Å². The van der Waals surface area contributed by atoms with Gasteiger partial charge in [0.2, 0.25) is 0 Å². The van der Waals surface area contributed by atoms with Crippen LogP contribution in [-0.2, 0) is 9.53 Å². The number of ether oxygens (including phenoxy) is 2. The summed E-state index contributed by atoms with van der Waals surface area (Å²) < 4.78 is 10.9. The molecule has 0 aliphatic carbocycles. The van der Waals surface area contributed by atoms with Crippen LogP contribution in [0.4, 0.5) is 9.59 Å². The Bertz CT molecular complexity index is 963. The predicted molar refractivity (Wildman–Crippen MR) is 132 cm³/mol. The average molecular weight is 488 g/mol. The molecule has 1 aromatic carbocycles. The van der Waals surface area contributed by atoms with Crippen molar-refractivity contribution in [3.63, 3.8) is 0 Å². The molecular weight excluding hydrogens is 450 g/mol. The van der Waals surface area contributed by atoms with Gasteiger partial charge in [-0.2, -0.15) is 0 Å². The van der Waals surface area contributed by atoms with Gasteiger partial charge in [-0.15, -0.1) is 0 Å². The number of likely N-dealkylation sites (N-methyl/N-ethyl adjacent to an activating group) is 1. The molecule has 4 amide bonds. The van der Waals surface area contributed by atoms with Crippen LogP contribution in [0.3, 0.4) is 0 Å². The Hall–Kier alpha value is -3.27. The maximum atomic E-state index is 13.2. The zero-order valence-electron chi connectivity index (χ0n) is 21.3. The van der Waals surface area contributed by atoms with E-state index in [1.54, 1.807) is 27.1 Å². The third-order valence-electron chi connectivity index (χ3n) is 6.18. The highest BCUT2D eigenvalue weighted by molar-refractivity contribution is 5.95. The minimum atomic E-state index is -0.704. The lowest BCUT2D eigenvalue weighted by atomic mass is 9.93. The number of carbonyl (C=O) groups excluding carboxylic acids is 3. The molecule has 10 nitrogen and oxygen atoms in total. The lowest BCUT2D eigenvalue weighted by Gasteiger charge is -2.37. The topological polar surface area (TPSA) is 103 Å². The Morgan fingerprint density at radius 1 is 1.17 bits per heavy atom. The molecule has 1 aromatic rings. The van der Waals surface area contributed by atoms with Gasteiger partial charge in [-0.3, -0.25) is 9.80 Å². The first kappa shape index (κ1) is 26.3. The summed E-state index contributed by atoms with van der Waals surface area (Å²) in [5.41, 5.74) is 1.66. The fourth-order valence-electron chi connectivity index (χ4n) is 4.42. The Kier molecular flexibility index (Phi) is 8.97. The van der Waals surface area contributed by atoms with Crippen LogP contribution in [0.2, 0.25) is 0 Å². The Labute approximate surface area is 207 Å². The van der Waals surface area contributed by atoms with E-state index in [1.165, 1.54) is 4.90 Å². The summed E-state index contributed by atoms with van der Waals surface area (Å²) in [4.78, 5) is 44.1. The van der Waals surface area contributed by atoms with E-state index in [9.17, 15) is 14.4 Å². The van der Waals surface area contributed by atoms with Gasteiger partial charge in [-0.25, -0.2) is 14.4 Å². The van der Waals surface area contributed by atoms with E-state index < -0.39 is 12.0 Å². The van der Waals surface area contributed by atoms with Gasteiger partial charge in [-0.1, -0.05) is 18.2 Å². The number of hydrogen-bond acceptors (Lipinski definition) is 6. The van der Waals surface area contributed by atoms with Gasteiger partial charge in [-0.05, 0) is 33.3 Å². The lowest BCUT2D eigenvalue weighted by Crippen LogP contribution is -2.49. The number of amides is 4. The highest BCUT2D eigenvalue weighted by atomic mass is 16.5. The van der Waals surface area contributed by atoms with Crippen LogP contribution in [0, 0.1) is 0 Å². The van der Waals surface area contributed by atoms with Crippen LogP contribution in [0.15, 0.2) is 35.5 Å². The zero-order valence-corrected chi connectivity index (χ0v) is 21.3. The minimum absolute atomic E-state index is 0.0699. The zero-order chi connectivity index (χ0) is 25.5. The van der Waals surface area contributed by atoms with Crippen molar-refractivity contribution >= 4 is 18.0 Å². The van der Waals surface area contributed by atoms with E-state index in [0.29, 0.717) is 48.8 Å². The van der Waals surface area contributed by atoms with Crippen LogP contribution in [0.1, 0.15) is 38.8 Å². The maximum Gasteiger partial charge on any atom is 0.338 e. The summed E-state index contributed by atoms with van der Waals surface area (Å²) in [5.74, 6) is 0.100. The van der Waals surface area contributed by atoms with Crippen molar-refractivity contribution in [2.45, 2.75) is 39.3 Å². The molecule has 0 bridgehead atoms. The number of para-hydroxylation sites is 1. The van der Waals surface area contributed by atoms with E-state index in [-0.39, 0.29) is 24.7 Å². The predicted octanol–water partition coefficient (Wildman–Crippen LogP) is 2.33. The van der Waals surface area contributed by atoms with E-state index in [1.807, 2.05) is 36.9 Å². The number of hydrogen-bond donors (Lipinski definition) is 2. The number of benzene rings is 1. The molecule has 35 heavy (non-hydrogen) atoms. The van der Waals surface area contributed by atoms with Crippen LogP contribution < -0.4 is 15.4 Å². The number of methoxy groups -OCH3 is 1. The van der Waals surface area contributed by atoms with Gasteiger partial charge >= 0.3 is 18.0 Å². The molecule has 2 N–H and O–H groups in total. The quantitative estimate of drug-likeness (QED) is 0.573. The molecule has 2 aliphatic heterocycles. The van der Waals surface area contributed by atoms with Crippen molar-refractivity contribution in [1.29, 1.82) is 0 Å². The number of carbonyl (C=O) groups is 3. The molecule has 0 saturated carbocycles. The molecule has 1 atom stereocenters. The van der Waals surface area contributed by atoms with Gasteiger partial charge in [0.15, 0.2) is 0 Å². The molecule has 1 saturated heterocycles. The molecule has 10 heteroatoms. The summed E-state index contributed by atoms with van der Waals surface area (Å²) in [6.07, 6.45) is 0.791. The molecule has 192 valence electrons. The molecule has 2 heterocycles. The fourth-order valence-corrected chi connectivity index (χ4v) is 4.42. The second kappa shape index (κ2) is 11.9. The summed E-state index contributed by atoms with van der Waals surface area (Å²) in [7, 11) is 3.21. The number of urea groups is 2. The molecule has 0 spiro atoms. The summed E-state index contributed by atoms with van der Waals surface area (Å²) in [6.45, 7) is 8.80. The number of nitrogens with zero attached hydrogens (tertiary/aromatic N) is 3. The lowest BCUT2D eigenvalue weighted by molar-refractivity contribution is -0.139. The average Bonchev–Trinajstić information content (AvgIpc) is 3.07. The third-order valence-corrected chi connectivity index (χ3v) is 6.18. The van der Waals surface area contributed by atoms with Gasteiger partial charge in [0.05, 0.1) is 25.3 Å². The monoisotopic (exact) mass is 487 g/mol. The van der Waals surface area contributed by atoms with E-state index in [0.717, 1.165) is 13.0 Å².